The number of hydrogen-bond donors (Lipinski definition) is 0. The first-order chi connectivity index (χ1) is 22.9. The third kappa shape index (κ3) is 4.86. The van der Waals surface area contributed by atoms with Crippen LogP contribution in [0.2, 0.25) is 0 Å². The average Bonchev–Trinajstić information content (AvgIpc) is 3.30. The second-order valence-corrected chi connectivity index (χ2v) is 9.87. The molecule has 5 aromatic rings. The third-order valence-electron chi connectivity index (χ3n) is 7.13. The summed E-state index contributed by atoms with van der Waals surface area (Å²) in [4.78, 5) is 0. The van der Waals surface area contributed by atoms with E-state index in [9.17, 15) is 57.1 Å². The van der Waals surface area contributed by atoms with Crippen molar-refractivity contribution in [3.8, 4) is 28.4 Å². The number of halogens is 16. The molecule has 5 aromatic carbocycles. The van der Waals surface area contributed by atoms with Gasteiger partial charge in [-0.1, -0.05) is 0 Å². The van der Waals surface area contributed by atoms with Gasteiger partial charge in [-0.05, 0) is 30.3 Å². The molecule has 0 amide bonds. The van der Waals surface area contributed by atoms with Crippen molar-refractivity contribution >= 4 is 18.1 Å². The topological polar surface area (TPSA) is 27.7 Å². The molecular formula is C29H5BF16O3. The molecule has 0 heterocycles. The Hall–Kier alpha value is -5.30. The molecule has 0 spiro atoms. The predicted octanol–water partition coefficient (Wildman–Crippen LogP) is 9.43. The predicted molar refractivity (Wildman–Crippen MR) is 132 cm³/mol. The maximum atomic E-state index is 15.7. The minimum atomic E-state index is -5.33. The van der Waals surface area contributed by atoms with Gasteiger partial charge in [0.25, 0.3) is 0 Å². The van der Waals surface area contributed by atoms with Crippen molar-refractivity contribution < 1.29 is 84.2 Å². The summed E-state index contributed by atoms with van der Waals surface area (Å²) in [5.41, 5.74) is -9.13. The summed E-state index contributed by atoms with van der Waals surface area (Å²) in [6.07, 6.45) is 0. The van der Waals surface area contributed by atoms with Crippen LogP contribution < -0.4 is 14.0 Å². The molecule has 0 atom stereocenters. The highest BCUT2D eigenvalue weighted by Crippen LogP contribution is 2.58. The molecule has 0 N–H and O–H groups in total. The van der Waals surface area contributed by atoms with E-state index in [0.29, 0.717) is 12.1 Å². The maximum absolute atomic E-state index is 15.7. The first kappa shape index (κ1) is 33.6. The molecule has 0 aliphatic heterocycles. The number of rotatable bonds is 6. The standard InChI is InChI=1S/C29H5BF16O3/c31-7-1-3-10(6-5-9(33)18(35)20(37)12(6)7)47-30(48-11-4-2-8(32)17(34)19(11)36)49-28-16-14(22(39)25(42)27(28)44)13-15(29(16,45)46)23(40)26(43)24(41)21(13)38/h1-5H. The van der Waals surface area contributed by atoms with Crippen LogP contribution in [-0.4, -0.2) is 7.32 Å². The quantitative estimate of drug-likeness (QED) is 0.0759. The van der Waals surface area contributed by atoms with Crippen molar-refractivity contribution in [2.45, 2.75) is 5.92 Å². The van der Waals surface area contributed by atoms with Crippen molar-refractivity contribution in [1.29, 1.82) is 0 Å². The molecule has 6 rings (SSSR count). The smallest absolute Gasteiger partial charge is 0.489 e. The van der Waals surface area contributed by atoms with Crippen molar-refractivity contribution in [2.24, 2.45) is 0 Å². The van der Waals surface area contributed by atoms with Crippen LogP contribution in [0.15, 0.2) is 30.3 Å². The summed E-state index contributed by atoms with van der Waals surface area (Å²) < 4.78 is 247. The monoisotopic (exact) mass is 716 g/mol. The number of alkyl halides is 2. The van der Waals surface area contributed by atoms with E-state index in [-0.39, 0.29) is 18.2 Å². The molecule has 0 saturated carbocycles. The van der Waals surface area contributed by atoms with E-state index in [1.807, 2.05) is 0 Å². The van der Waals surface area contributed by atoms with Crippen LogP contribution >= 0.6 is 0 Å². The second kappa shape index (κ2) is 11.4. The Kier molecular flexibility index (Phi) is 7.82. The van der Waals surface area contributed by atoms with Crippen molar-refractivity contribution in [1.82, 2.24) is 0 Å². The van der Waals surface area contributed by atoms with E-state index in [1.54, 1.807) is 0 Å². The van der Waals surface area contributed by atoms with Gasteiger partial charge in [0, 0.05) is 16.5 Å². The average molecular weight is 716 g/mol. The van der Waals surface area contributed by atoms with Gasteiger partial charge in [-0.3, -0.25) is 0 Å². The molecule has 0 unspecified atom stereocenters. The number of benzene rings is 5. The Morgan fingerprint density at radius 3 is 1.59 bits per heavy atom. The first-order valence-electron chi connectivity index (χ1n) is 12.7. The summed E-state index contributed by atoms with van der Waals surface area (Å²) in [7, 11) is -3.23. The molecule has 3 nitrogen and oxygen atoms in total. The van der Waals surface area contributed by atoms with Gasteiger partial charge in [0.05, 0.1) is 16.5 Å². The Labute approximate surface area is 260 Å². The van der Waals surface area contributed by atoms with Gasteiger partial charge in [0.2, 0.25) is 11.6 Å². The molecule has 0 aromatic heterocycles. The molecule has 49 heavy (non-hydrogen) atoms. The Morgan fingerprint density at radius 2 is 0.939 bits per heavy atom. The van der Waals surface area contributed by atoms with Gasteiger partial charge >= 0.3 is 13.2 Å². The lowest BCUT2D eigenvalue weighted by atomic mass is 10.0. The third-order valence-corrected chi connectivity index (χ3v) is 7.13. The summed E-state index contributed by atoms with van der Waals surface area (Å²) >= 11 is 0. The Balaban J connectivity index is 1.59. The SMILES string of the molecule is Fc1ccc(OB(Oc2c(F)c(F)c(F)c3c2C(F)(F)c2c(F)c(F)c(F)c(F)c2-3)Oc2ccc(F)c3c(F)c(F)c(F)cc23)c(F)c1F. The van der Waals surface area contributed by atoms with E-state index in [2.05, 4.69) is 0 Å². The molecule has 1 aliphatic rings. The highest BCUT2D eigenvalue weighted by atomic mass is 19.3. The first-order valence-corrected chi connectivity index (χ1v) is 12.7. The fourth-order valence-electron chi connectivity index (χ4n) is 4.99. The Bertz CT molecular complexity index is 2260. The fourth-order valence-corrected chi connectivity index (χ4v) is 4.99. The van der Waals surface area contributed by atoms with Crippen LogP contribution in [0.1, 0.15) is 11.1 Å². The fraction of sp³-hybridized carbons (Fsp3) is 0.0345. The minimum Gasteiger partial charge on any atom is -0.489 e. The molecule has 0 bridgehead atoms. The van der Waals surface area contributed by atoms with E-state index < -0.39 is 145 Å². The van der Waals surface area contributed by atoms with Gasteiger partial charge < -0.3 is 14.0 Å². The molecule has 0 radical (unpaired) electrons. The van der Waals surface area contributed by atoms with Crippen molar-refractivity contribution in [3.05, 3.63) is 123 Å². The van der Waals surface area contributed by atoms with Gasteiger partial charge in [0.1, 0.15) is 17.3 Å². The van der Waals surface area contributed by atoms with E-state index in [4.69, 9.17) is 14.0 Å². The zero-order chi connectivity index (χ0) is 36.0. The van der Waals surface area contributed by atoms with Crippen LogP contribution in [0.3, 0.4) is 0 Å². The Morgan fingerprint density at radius 1 is 0.429 bits per heavy atom. The molecule has 254 valence electrons. The summed E-state index contributed by atoms with van der Waals surface area (Å²) in [5.74, 6) is -44.2. The summed E-state index contributed by atoms with van der Waals surface area (Å²) in [6.45, 7) is 0. The zero-order valence-corrected chi connectivity index (χ0v) is 22.7. The number of fused-ring (bicyclic) bond motifs is 4. The van der Waals surface area contributed by atoms with Gasteiger partial charge in [-0.25, -0.2) is 52.7 Å². The van der Waals surface area contributed by atoms with Gasteiger partial charge in [-0.2, -0.15) is 17.6 Å². The summed E-state index contributed by atoms with van der Waals surface area (Å²) in [5, 5.41) is -2.45. The normalized spacial score (nSPS) is 13.1. The largest absolute Gasteiger partial charge is 0.864 e. The van der Waals surface area contributed by atoms with Crippen LogP contribution in [0, 0.1) is 81.4 Å². The molecule has 20 heteroatoms. The molecule has 0 fully saturated rings. The molecule has 0 saturated heterocycles. The highest BCUT2D eigenvalue weighted by molar-refractivity contribution is 6.40. The van der Waals surface area contributed by atoms with Crippen molar-refractivity contribution in [3.63, 3.8) is 0 Å². The minimum absolute atomic E-state index is 0.0800. The highest BCUT2D eigenvalue weighted by Gasteiger charge is 2.56. The van der Waals surface area contributed by atoms with Gasteiger partial charge in [-0.15, -0.1) is 0 Å². The van der Waals surface area contributed by atoms with E-state index in [1.165, 1.54) is 0 Å². The number of hydrogen-bond acceptors (Lipinski definition) is 3. The maximum Gasteiger partial charge on any atom is 0.864 e. The summed E-state index contributed by atoms with van der Waals surface area (Å²) in [6, 6.07) is 1.28. The van der Waals surface area contributed by atoms with E-state index >= 15 is 13.2 Å². The van der Waals surface area contributed by atoms with Crippen LogP contribution in [0.4, 0.5) is 70.2 Å². The lowest BCUT2D eigenvalue weighted by molar-refractivity contribution is 0.0401. The molecule has 1 aliphatic carbocycles. The second-order valence-electron chi connectivity index (χ2n) is 9.87. The van der Waals surface area contributed by atoms with E-state index in [0.717, 1.165) is 0 Å². The van der Waals surface area contributed by atoms with Crippen LogP contribution in [0.25, 0.3) is 21.9 Å². The zero-order valence-electron chi connectivity index (χ0n) is 22.7. The van der Waals surface area contributed by atoms with Crippen LogP contribution in [-0.2, 0) is 5.92 Å². The lowest BCUT2D eigenvalue weighted by Crippen LogP contribution is -2.38. The van der Waals surface area contributed by atoms with Crippen LogP contribution in [0.5, 0.6) is 17.2 Å². The lowest BCUT2D eigenvalue weighted by Gasteiger charge is -2.22. The van der Waals surface area contributed by atoms with Crippen molar-refractivity contribution in [2.75, 3.05) is 0 Å². The van der Waals surface area contributed by atoms with Gasteiger partial charge in [0.15, 0.2) is 69.7 Å². The molecular weight excluding hydrogens is 711 g/mol.